The van der Waals surface area contributed by atoms with Gasteiger partial charge in [-0.15, -0.1) is 0 Å². The van der Waals surface area contributed by atoms with Crippen molar-refractivity contribution in [1.29, 1.82) is 0 Å². The Morgan fingerprint density at radius 2 is 1.96 bits per heavy atom. The van der Waals surface area contributed by atoms with E-state index in [1.165, 1.54) is 12.4 Å². The molecule has 0 radical (unpaired) electrons. The third-order valence-electron chi connectivity index (χ3n) is 7.30. The number of carbonyl (C=O) groups excluding carboxylic acids is 1. The summed E-state index contributed by atoms with van der Waals surface area (Å²) in [5.74, 6) is 6.51. The Labute approximate surface area is 292 Å². The molecule has 250 valence electrons. The van der Waals surface area contributed by atoms with Gasteiger partial charge in [0.15, 0.2) is 5.69 Å². The predicted molar refractivity (Wildman–Crippen MR) is 189 cm³/mol. The Hall–Kier alpha value is -5.55. The maximum atomic E-state index is 12.8. The number of hydrogen-bond acceptors (Lipinski definition) is 9. The quantitative estimate of drug-likeness (QED) is 0.0493. The molecule has 0 fully saturated rings. The molecular formula is C34H32Cl2N9O4+. The van der Waals surface area contributed by atoms with E-state index in [0.29, 0.717) is 79.7 Å². The van der Waals surface area contributed by atoms with Crippen LogP contribution in [0.15, 0.2) is 73.2 Å². The zero-order valence-corrected chi connectivity index (χ0v) is 28.6. The van der Waals surface area contributed by atoms with E-state index in [-0.39, 0.29) is 5.82 Å². The number of imidazole rings is 1. The number of carbonyl (C=O) groups is 1. The van der Waals surface area contributed by atoms with Gasteiger partial charge >= 0.3 is 5.82 Å². The number of benzene rings is 2. The van der Waals surface area contributed by atoms with Gasteiger partial charge in [-0.1, -0.05) is 41.3 Å². The molecule has 5 rings (SSSR count). The molecule has 13 nitrogen and oxygen atoms in total. The first kappa shape index (κ1) is 34.8. The van der Waals surface area contributed by atoms with Crippen molar-refractivity contribution in [2.75, 3.05) is 31.3 Å². The summed E-state index contributed by atoms with van der Waals surface area (Å²) in [5, 5.41) is 19.3. The molecule has 0 spiro atoms. The summed E-state index contributed by atoms with van der Waals surface area (Å²) in [6.45, 7) is 2.65. The van der Waals surface area contributed by atoms with Crippen LogP contribution in [0.1, 0.15) is 24.0 Å². The molecular weight excluding hydrogens is 669 g/mol. The van der Waals surface area contributed by atoms with Crippen LogP contribution >= 0.6 is 23.2 Å². The summed E-state index contributed by atoms with van der Waals surface area (Å²) in [7, 11) is 5.50. The van der Waals surface area contributed by atoms with Gasteiger partial charge < -0.3 is 30.0 Å². The molecule has 0 aliphatic heterocycles. The Morgan fingerprint density at radius 3 is 2.69 bits per heavy atom. The Balaban J connectivity index is 1.23. The number of nitrogens with zero attached hydrogens (tertiary/aromatic N) is 7. The van der Waals surface area contributed by atoms with Gasteiger partial charge in [0.1, 0.15) is 36.9 Å². The molecule has 49 heavy (non-hydrogen) atoms. The number of nitro groups is 1. The lowest BCUT2D eigenvalue weighted by molar-refractivity contribution is -0.898. The van der Waals surface area contributed by atoms with E-state index in [9.17, 15) is 14.9 Å². The first-order valence-corrected chi connectivity index (χ1v) is 15.6. The van der Waals surface area contributed by atoms with Crippen LogP contribution in [0.4, 0.5) is 23.1 Å². The van der Waals surface area contributed by atoms with Crippen LogP contribution in [0.25, 0.3) is 10.9 Å². The number of aromatic nitrogens is 5. The van der Waals surface area contributed by atoms with Crippen LogP contribution in [0, 0.1) is 22.0 Å². The second-order valence-electron chi connectivity index (χ2n) is 11.6. The van der Waals surface area contributed by atoms with Crippen molar-refractivity contribution in [2.45, 2.75) is 20.1 Å². The molecule has 2 aromatic carbocycles. The standard InChI is InChI=1S/C34H31Cl2N9O4/c1-5-8-31-42-34(44(47)48)28(43(31)2)19-45(3,4)14-7-11-32(46)41-30-17-25-27(18-37-30)38-21-39-33(25)40-24-12-13-29(26(36)16-24)49-20-22-9-6-10-23(35)15-22/h6-7,9-13,15-18,21H,14,19-20H2,1-4H3,(H-,37,38,39,40,41,46)/p+1/b11-7+. The number of quaternary nitrogens is 1. The summed E-state index contributed by atoms with van der Waals surface area (Å²) in [6, 6.07) is 14.4. The lowest BCUT2D eigenvalue weighted by Crippen LogP contribution is -2.39. The smallest absolute Gasteiger partial charge is 0.392 e. The second kappa shape index (κ2) is 15.1. The van der Waals surface area contributed by atoms with E-state index < -0.39 is 10.8 Å². The summed E-state index contributed by atoms with van der Waals surface area (Å²) >= 11 is 12.6. The fraction of sp³-hybridized carbons (Fsp3) is 0.206. The van der Waals surface area contributed by atoms with E-state index in [1.807, 2.05) is 38.4 Å². The summed E-state index contributed by atoms with van der Waals surface area (Å²) < 4.78 is 7.83. The van der Waals surface area contributed by atoms with Crippen molar-refractivity contribution in [3.63, 3.8) is 0 Å². The molecule has 0 saturated heterocycles. The topological polar surface area (TPSA) is 150 Å². The fourth-order valence-electron chi connectivity index (χ4n) is 4.89. The van der Waals surface area contributed by atoms with Gasteiger partial charge in [0.25, 0.3) is 5.82 Å². The summed E-state index contributed by atoms with van der Waals surface area (Å²) in [6.07, 6.45) is 6.05. The highest BCUT2D eigenvalue weighted by Gasteiger charge is 2.30. The normalized spacial score (nSPS) is 11.3. The number of fused-ring (bicyclic) bond motifs is 1. The molecule has 0 aliphatic carbocycles. The molecule has 0 saturated carbocycles. The minimum absolute atomic E-state index is 0.229. The maximum absolute atomic E-state index is 12.8. The van der Waals surface area contributed by atoms with Gasteiger partial charge in [-0.2, -0.15) is 0 Å². The molecule has 2 N–H and O–H groups in total. The zero-order chi connectivity index (χ0) is 35.1. The van der Waals surface area contributed by atoms with E-state index >= 15 is 0 Å². The van der Waals surface area contributed by atoms with E-state index in [4.69, 9.17) is 27.9 Å². The Kier molecular flexibility index (Phi) is 10.7. The van der Waals surface area contributed by atoms with Gasteiger partial charge in [0.2, 0.25) is 5.91 Å². The summed E-state index contributed by atoms with van der Waals surface area (Å²) in [5.41, 5.74) is 2.59. The minimum Gasteiger partial charge on any atom is -0.487 e. The third kappa shape index (κ3) is 8.88. The molecule has 0 bridgehead atoms. The molecule has 0 atom stereocenters. The lowest BCUT2D eigenvalue weighted by atomic mass is 10.2. The highest BCUT2D eigenvalue weighted by molar-refractivity contribution is 6.32. The number of anilines is 3. The molecule has 3 aromatic heterocycles. The van der Waals surface area contributed by atoms with Crippen molar-refractivity contribution in [2.24, 2.45) is 7.05 Å². The van der Waals surface area contributed by atoms with Gasteiger partial charge in [-0.05, 0) is 70.8 Å². The van der Waals surface area contributed by atoms with Crippen LogP contribution in [-0.2, 0) is 25.0 Å². The van der Waals surface area contributed by atoms with Crippen LogP contribution in [0.5, 0.6) is 5.75 Å². The maximum Gasteiger partial charge on any atom is 0.392 e. The first-order chi connectivity index (χ1) is 23.4. The van der Waals surface area contributed by atoms with Crippen LogP contribution in [0.2, 0.25) is 10.0 Å². The highest BCUT2D eigenvalue weighted by atomic mass is 35.5. The first-order valence-electron chi connectivity index (χ1n) is 14.9. The number of likely N-dealkylation sites (N-methyl/N-ethyl adjacent to an activating group) is 1. The molecule has 0 aliphatic rings. The average Bonchev–Trinajstić information content (AvgIpc) is 3.35. The van der Waals surface area contributed by atoms with Crippen molar-refractivity contribution in [1.82, 2.24) is 24.5 Å². The predicted octanol–water partition coefficient (Wildman–Crippen LogP) is 6.44. The molecule has 15 heteroatoms. The SMILES string of the molecule is CC#Cc1nc([N+](=O)[O-])c(C[N+](C)(C)C/C=C/C(=O)Nc2cc3c(Nc4ccc(OCc5cccc(Cl)c5)c(Cl)c4)ncnc3cn2)n1C. The number of pyridine rings is 1. The molecule has 0 unspecified atom stereocenters. The Morgan fingerprint density at radius 1 is 1.14 bits per heavy atom. The number of amides is 1. The largest absolute Gasteiger partial charge is 0.487 e. The fourth-order valence-corrected chi connectivity index (χ4v) is 5.34. The average molecular weight is 702 g/mol. The lowest BCUT2D eigenvalue weighted by Gasteiger charge is -2.28. The van der Waals surface area contributed by atoms with E-state index in [1.54, 1.807) is 55.1 Å². The van der Waals surface area contributed by atoms with Gasteiger partial charge in [-0.3, -0.25) is 9.36 Å². The van der Waals surface area contributed by atoms with Crippen molar-refractivity contribution in [3.05, 3.63) is 110 Å². The molecule has 3 heterocycles. The van der Waals surface area contributed by atoms with Crippen LogP contribution in [0.3, 0.4) is 0 Å². The minimum atomic E-state index is -0.507. The van der Waals surface area contributed by atoms with Crippen molar-refractivity contribution in [3.8, 4) is 17.6 Å². The number of ether oxygens (including phenoxy) is 1. The number of nitrogens with one attached hydrogen (secondary N) is 2. The number of halogens is 2. The van der Waals surface area contributed by atoms with E-state index in [2.05, 4.69) is 42.4 Å². The van der Waals surface area contributed by atoms with Crippen LogP contribution < -0.4 is 15.4 Å². The molecule has 1 amide bonds. The number of rotatable bonds is 12. The second-order valence-corrected chi connectivity index (χ2v) is 12.4. The van der Waals surface area contributed by atoms with Crippen molar-refractivity contribution >= 4 is 63.2 Å². The van der Waals surface area contributed by atoms with Gasteiger partial charge in [-0.25, -0.2) is 15.0 Å². The summed E-state index contributed by atoms with van der Waals surface area (Å²) in [4.78, 5) is 41.0. The van der Waals surface area contributed by atoms with Gasteiger partial charge in [0, 0.05) is 29.2 Å². The van der Waals surface area contributed by atoms with E-state index in [0.717, 1.165) is 5.56 Å². The van der Waals surface area contributed by atoms with Crippen molar-refractivity contribution < 1.29 is 18.9 Å². The zero-order valence-electron chi connectivity index (χ0n) is 27.1. The Bertz CT molecular complexity index is 2140. The van der Waals surface area contributed by atoms with Gasteiger partial charge in [0.05, 0.1) is 37.4 Å². The highest BCUT2D eigenvalue weighted by Crippen LogP contribution is 2.31. The molecule has 5 aromatic rings. The van der Waals surface area contributed by atoms with Crippen LogP contribution in [-0.4, -0.2) is 60.5 Å². The third-order valence-corrected chi connectivity index (χ3v) is 7.83. The number of hydrogen-bond donors (Lipinski definition) is 2. The monoisotopic (exact) mass is 700 g/mol.